The molecule has 1 aliphatic heterocycles. The topological polar surface area (TPSA) is 78.8 Å². The molecule has 0 unspecified atom stereocenters. The molecular formula is C17H17N3O3S. The molecule has 24 heavy (non-hydrogen) atoms. The van der Waals surface area contributed by atoms with E-state index in [0.717, 1.165) is 41.1 Å². The Kier molecular flexibility index (Phi) is 3.53. The van der Waals surface area contributed by atoms with Gasteiger partial charge in [-0.2, -0.15) is 5.10 Å². The van der Waals surface area contributed by atoms with Crippen molar-refractivity contribution in [2.45, 2.75) is 30.6 Å². The summed E-state index contributed by atoms with van der Waals surface area (Å²) < 4.78 is 26.7. The zero-order valence-corrected chi connectivity index (χ0v) is 13.8. The summed E-state index contributed by atoms with van der Waals surface area (Å²) in [6, 6.07) is 10.6. The van der Waals surface area contributed by atoms with E-state index < -0.39 is 15.9 Å². The summed E-state index contributed by atoms with van der Waals surface area (Å²) in [5.74, 6) is -0.428. The summed E-state index contributed by atoms with van der Waals surface area (Å²) in [6.07, 6.45) is 3.97. The molecule has 2 aromatic rings. The molecule has 0 spiro atoms. The number of sulfonamides is 1. The van der Waals surface area contributed by atoms with Crippen LogP contribution in [0.2, 0.25) is 0 Å². The number of anilines is 1. The minimum absolute atomic E-state index is 0.255. The van der Waals surface area contributed by atoms with Gasteiger partial charge in [-0.1, -0.05) is 24.3 Å². The molecule has 7 heteroatoms. The number of amides is 1. The van der Waals surface area contributed by atoms with Crippen LogP contribution in [0.15, 0.2) is 46.4 Å². The Bertz CT molecular complexity index is 953. The second-order valence-electron chi connectivity index (χ2n) is 6.06. The van der Waals surface area contributed by atoms with Crippen molar-refractivity contribution in [3.05, 3.63) is 36.4 Å². The monoisotopic (exact) mass is 343 g/mol. The lowest BCUT2D eigenvalue weighted by molar-refractivity contribution is -0.119. The molecule has 124 valence electrons. The number of hydrogen-bond acceptors (Lipinski definition) is 4. The molecule has 2 aromatic carbocycles. The van der Waals surface area contributed by atoms with E-state index in [4.69, 9.17) is 0 Å². The number of hydrogen-bond donors (Lipinski definition) is 1. The van der Waals surface area contributed by atoms with Gasteiger partial charge in [0.2, 0.25) is 0 Å². The van der Waals surface area contributed by atoms with Gasteiger partial charge in [-0.3, -0.25) is 9.10 Å². The zero-order valence-electron chi connectivity index (χ0n) is 13.0. The first-order chi connectivity index (χ1) is 11.6. The summed E-state index contributed by atoms with van der Waals surface area (Å²) >= 11 is 0. The lowest BCUT2D eigenvalue weighted by Crippen LogP contribution is -2.37. The minimum atomic E-state index is -3.71. The summed E-state index contributed by atoms with van der Waals surface area (Å²) in [5.41, 5.74) is 4.01. The summed E-state index contributed by atoms with van der Waals surface area (Å²) in [7, 11) is -3.71. The molecule has 1 aliphatic carbocycles. The number of nitrogens with one attached hydrogen (secondary N) is 1. The highest BCUT2D eigenvalue weighted by Gasteiger charge is 2.36. The fourth-order valence-electron chi connectivity index (χ4n) is 3.33. The molecule has 1 heterocycles. The number of benzene rings is 2. The summed E-state index contributed by atoms with van der Waals surface area (Å²) in [6.45, 7) is -0.271. The third kappa shape index (κ3) is 2.36. The number of rotatable bonds is 3. The van der Waals surface area contributed by atoms with Crippen LogP contribution in [0.4, 0.5) is 5.69 Å². The number of carbonyl (C=O) groups excluding carboxylic acids is 1. The van der Waals surface area contributed by atoms with Crippen LogP contribution < -0.4 is 9.73 Å². The van der Waals surface area contributed by atoms with E-state index in [1.807, 2.05) is 12.1 Å². The van der Waals surface area contributed by atoms with Crippen LogP contribution in [0.5, 0.6) is 0 Å². The first kappa shape index (κ1) is 15.1. The second kappa shape index (κ2) is 5.59. The summed E-state index contributed by atoms with van der Waals surface area (Å²) in [5, 5.41) is 5.63. The van der Waals surface area contributed by atoms with Gasteiger partial charge in [0.25, 0.3) is 15.9 Å². The SMILES string of the molecule is O=C(CN1c2cccc3cccc(c23)S1(=O)=O)NN=C1CCCC1. The van der Waals surface area contributed by atoms with Crippen molar-refractivity contribution in [2.75, 3.05) is 10.8 Å². The maximum Gasteiger partial charge on any atom is 0.265 e. The number of carbonyl (C=O) groups is 1. The third-order valence-electron chi connectivity index (χ3n) is 4.49. The molecule has 0 saturated heterocycles. The molecular weight excluding hydrogens is 326 g/mol. The molecule has 0 radical (unpaired) electrons. The van der Waals surface area contributed by atoms with Crippen molar-refractivity contribution < 1.29 is 13.2 Å². The Morgan fingerprint density at radius 3 is 2.58 bits per heavy atom. The van der Waals surface area contributed by atoms with Gasteiger partial charge >= 0.3 is 0 Å². The Morgan fingerprint density at radius 1 is 1.12 bits per heavy atom. The molecule has 0 bridgehead atoms. The molecule has 2 aliphatic rings. The van der Waals surface area contributed by atoms with Crippen LogP contribution >= 0.6 is 0 Å². The molecule has 0 aromatic heterocycles. The smallest absolute Gasteiger partial charge is 0.265 e. The van der Waals surface area contributed by atoms with E-state index in [1.54, 1.807) is 24.3 Å². The Balaban J connectivity index is 1.63. The lowest BCUT2D eigenvalue weighted by atomic mass is 10.1. The van der Waals surface area contributed by atoms with Crippen molar-refractivity contribution in [1.29, 1.82) is 0 Å². The highest BCUT2D eigenvalue weighted by Crippen LogP contribution is 2.41. The van der Waals surface area contributed by atoms with Gasteiger partial charge in [-0.15, -0.1) is 0 Å². The molecule has 1 fully saturated rings. The van der Waals surface area contributed by atoms with Crippen molar-refractivity contribution in [3.8, 4) is 0 Å². The predicted molar refractivity (Wildman–Crippen MR) is 92.5 cm³/mol. The van der Waals surface area contributed by atoms with Crippen LogP contribution in [-0.2, 0) is 14.8 Å². The average Bonchev–Trinajstić information content (AvgIpc) is 3.16. The van der Waals surface area contributed by atoms with Gasteiger partial charge in [0, 0.05) is 11.1 Å². The Labute approximate surface area is 140 Å². The van der Waals surface area contributed by atoms with Crippen LogP contribution in [0.25, 0.3) is 10.8 Å². The Hall–Kier alpha value is -2.41. The van der Waals surface area contributed by atoms with E-state index >= 15 is 0 Å². The normalized spacial score (nSPS) is 18.2. The van der Waals surface area contributed by atoms with Gasteiger partial charge in [-0.05, 0) is 43.2 Å². The first-order valence-electron chi connectivity index (χ1n) is 7.96. The van der Waals surface area contributed by atoms with E-state index in [-0.39, 0.29) is 11.4 Å². The zero-order chi connectivity index (χ0) is 16.7. The van der Waals surface area contributed by atoms with E-state index in [9.17, 15) is 13.2 Å². The lowest BCUT2D eigenvalue weighted by Gasteiger charge is -2.17. The molecule has 1 saturated carbocycles. The molecule has 1 amide bonds. The summed E-state index contributed by atoms with van der Waals surface area (Å²) in [4.78, 5) is 12.4. The second-order valence-corrected chi connectivity index (χ2v) is 7.89. The maximum atomic E-state index is 12.8. The highest BCUT2D eigenvalue weighted by atomic mass is 32.2. The first-order valence-corrected chi connectivity index (χ1v) is 9.40. The molecule has 1 N–H and O–H groups in total. The maximum absolute atomic E-state index is 12.8. The largest absolute Gasteiger partial charge is 0.271 e. The van der Waals surface area contributed by atoms with Crippen molar-refractivity contribution >= 4 is 38.1 Å². The van der Waals surface area contributed by atoms with E-state index in [0.29, 0.717) is 11.1 Å². The van der Waals surface area contributed by atoms with Crippen LogP contribution in [0.3, 0.4) is 0 Å². The van der Waals surface area contributed by atoms with Crippen molar-refractivity contribution in [2.24, 2.45) is 5.10 Å². The van der Waals surface area contributed by atoms with E-state index in [2.05, 4.69) is 10.5 Å². The van der Waals surface area contributed by atoms with Crippen LogP contribution in [-0.4, -0.2) is 26.6 Å². The Morgan fingerprint density at radius 2 is 1.83 bits per heavy atom. The molecule has 6 nitrogen and oxygen atoms in total. The van der Waals surface area contributed by atoms with Crippen LogP contribution in [0, 0.1) is 0 Å². The standard InChI is InChI=1S/C17H17N3O3S/c21-16(19-18-13-7-1-2-8-13)11-20-14-9-3-5-12-6-4-10-15(17(12)14)24(20,22)23/h3-6,9-10H,1-2,7-8,11H2,(H,19,21). The van der Waals surface area contributed by atoms with E-state index in [1.165, 1.54) is 0 Å². The third-order valence-corrected chi connectivity index (χ3v) is 6.29. The number of nitrogens with zero attached hydrogens (tertiary/aromatic N) is 2. The van der Waals surface area contributed by atoms with Gasteiger partial charge < -0.3 is 0 Å². The van der Waals surface area contributed by atoms with Gasteiger partial charge in [0.05, 0.1) is 10.6 Å². The van der Waals surface area contributed by atoms with Gasteiger partial charge in [0.1, 0.15) is 6.54 Å². The highest BCUT2D eigenvalue weighted by molar-refractivity contribution is 7.93. The quantitative estimate of drug-likeness (QED) is 0.869. The van der Waals surface area contributed by atoms with Crippen molar-refractivity contribution in [1.82, 2.24) is 5.43 Å². The van der Waals surface area contributed by atoms with Crippen molar-refractivity contribution in [3.63, 3.8) is 0 Å². The molecule has 0 atom stereocenters. The van der Waals surface area contributed by atoms with Crippen LogP contribution in [0.1, 0.15) is 25.7 Å². The fraction of sp³-hybridized carbons (Fsp3) is 0.294. The van der Waals surface area contributed by atoms with Gasteiger partial charge in [-0.25, -0.2) is 13.8 Å². The fourth-order valence-corrected chi connectivity index (χ4v) is 5.00. The average molecular weight is 343 g/mol. The van der Waals surface area contributed by atoms with Gasteiger partial charge in [0.15, 0.2) is 0 Å². The number of hydrazone groups is 1. The molecule has 4 rings (SSSR count). The minimum Gasteiger partial charge on any atom is -0.271 e. The predicted octanol–water partition coefficient (Wildman–Crippen LogP) is 2.39.